The molecule has 0 radical (unpaired) electrons. The molecular formula is C20H30N4O3S2. The van der Waals surface area contributed by atoms with Crippen LogP contribution in [0.3, 0.4) is 0 Å². The van der Waals surface area contributed by atoms with Gasteiger partial charge in [0.05, 0.1) is 11.7 Å². The van der Waals surface area contributed by atoms with Gasteiger partial charge in [0.25, 0.3) is 0 Å². The molecular weight excluding hydrogens is 408 g/mol. The van der Waals surface area contributed by atoms with Crippen molar-refractivity contribution in [2.24, 2.45) is 17.8 Å². The van der Waals surface area contributed by atoms with Crippen LogP contribution in [0.2, 0.25) is 0 Å². The zero-order valence-corrected chi connectivity index (χ0v) is 19.2. The lowest BCUT2D eigenvalue weighted by Crippen LogP contribution is -2.46. The molecule has 0 aliphatic carbocycles. The van der Waals surface area contributed by atoms with Crippen molar-refractivity contribution in [1.82, 2.24) is 18.0 Å². The quantitative estimate of drug-likeness (QED) is 0.663. The van der Waals surface area contributed by atoms with E-state index >= 15 is 0 Å². The van der Waals surface area contributed by atoms with Crippen LogP contribution in [-0.2, 0) is 14.8 Å². The number of aromatic nitrogens is 2. The molecule has 7 nitrogen and oxygen atoms in total. The van der Waals surface area contributed by atoms with Gasteiger partial charge in [-0.05, 0) is 36.8 Å². The average molecular weight is 439 g/mol. The molecule has 1 aromatic carbocycles. The van der Waals surface area contributed by atoms with E-state index in [-0.39, 0.29) is 16.7 Å². The minimum atomic E-state index is -3.65. The summed E-state index contributed by atoms with van der Waals surface area (Å²) in [7, 11) is -3.65. The van der Waals surface area contributed by atoms with Crippen LogP contribution in [0, 0.1) is 17.8 Å². The van der Waals surface area contributed by atoms with E-state index in [0.717, 1.165) is 24.8 Å². The molecule has 0 spiro atoms. The highest BCUT2D eigenvalue weighted by Crippen LogP contribution is 2.29. The van der Waals surface area contributed by atoms with E-state index in [1.54, 1.807) is 18.2 Å². The first-order chi connectivity index (χ1) is 13.7. The van der Waals surface area contributed by atoms with Crippen LogP contribution in [0.25, 0.3) is 11.0 Å². The Bertz CT molecular complexity index is 938. The van der Waals surface area contributed by atoms with Crippen LogP contribution in [0.1, 0.15) is 40.5 Å². The smallest absolute Gasteiger partial charge is 0.245 e. The van der Waals surface area contributed by atoms with Crippen molar-refractivity contribution in [2.75, 3.05) is 26.2 Å². The van der Waals surface area contributed by atoms with E-state index in [0.29, 0.717) is 48.8 Å². The summed E-state index contributed by atoms with van der Waals surface area (Å²) < 4.78 is 36.1. The zero-order valence-electron chi connectivity index (χ0n) is 17.5. The summed E-state index contributed by atoms with van der Waals surface area (Å²) in [6.45, 7) is 10.7. The van der Waals surface area contributed by atoms with Crippen LogP contribution in [0.5, 0.6) is 0 Å². The molecule has 1 aliphatic rings. The monoisotopic (exact) mass is 438 g/mol. The molecule has 0 N–H and O–H groups in total. The predicted molar refractivity (Wildman–Crippen MR) is 115 cm³/mol. The molecule has 9 heteroatoms. The van der Waals surface area contributed by atoms with Crippen LogP contribution >= 0.6 is 11.7 Å². The Labute approximate surface area is 177 Å². The Hall–Kier alpha value is -1.58. The Balaban J connectivity index is 1.71. The van der Waals surface area contributed by atoms with Gasteiger partial charge in [0.2, 0.25) is 15.9 Å². The second kappa shape index (κ2) is 9.06. The Morgan fingerprint density at radius 3 is 2.34 bits per heavy atom. The lowest BCUT2D eigenvalue weighted by molar-refractivity contribution is -0.137. The molecule has 1 amide bonds. The summed E-state index contributed by atoms with van der Waals surface area (Å²) in [4.78, 5) is 15.2. The van der Waals surface area contributed by atoms with Gasteiger partial charge in [-0.25, -0.2) is 8.42 Å². The number of sulfonamides is 1. The highest BCUT2D eigenvalue weighted by atomic mass is 32.2. The lowest BCUT2D eigenvalue weighted by atomic mass is 9.95. The number of carbonyl (C=O) groups is 1. The lowest BCUT2D eigenvalue weighted by Gasteiger charge is -2.35. The molecule has 29 heavy (non-hydrogen) atoms. The van der Waals surface area contributed by atoms with E-state index in [1.807, 2.05) is 4.90 Å². The van der Waals surface area contributed by atoms with Gasteiger partial charge in [0, 0.05) is 32.1 Å². The number of fused-ring (bicyclic) bond motifs is 1. The number of piperidine rings is 1. The Morgan fingerprint density at radius 1 is 1.14 bits per heavy atom. The molecule has 0 atom stereocenters. The zero-order chi connectivity index (χ0) is 21.2. The molecule has 0 unspecified atom stereocenters. The van der Waals surface area contributed by atoms with Crippen LogP contribution < -0.4 is 0 Å². The third-order valence-corrected chi connectivity index (χ3v) is 7.63. The first kappa shape index (κ1) is 22.1. The molecule has 2 aromatic rings. The SMILES string of the molecule is CC(C)CN(CC(C)C)C(=O)C1CCN(S(=O)(=O)c2cccc3nsnc23)CC1. The van der Waals surface area contributed by atoms with Crippen molar-refractivity contribution in [3.8, 4) is 0 Å². The maximum absolute atomic E-state index is 13.2. The van der Waals surface area contributed by atoms with E-state index in [1.165, 1.54) is 4.31 Å². The third-order valence-electron chi connectivity index (χ3n) is 5.15. The molecule has 1 fully saturated rings. The molecule has 2 heterocycles. The number of amides is 1. The normalized spacial score (nSPS) is 16.8. The fraction of sp³-hybridized carbons (Fsp3) is 0.650. The van der Waals surface area contributed by atoms with Gasteiger partial charge < -0.3 is 4.90 Å². The number of rotatable bonds is 7. The molecule has 160 valence electrons. The van der Waals surface area contributed by atoms with Gasteiger partial charge in [0.1, 0.15) is 15.9 Å². The molecule has 0 saturated carbocycles. The summed E-state index contributed by atoms with van der Waals surface area (Å²) in [5, 5.41) is 0. The van der Waals surface area contributed by atoms with Crippen molar-refractivity contribution in [3.63, 3.8) is 0 Å². The molecule has 1 aromatic heterocycles. The van der Waals surface area contributed by atoms with E-state index in [2.05, 4.69) is 36.4 Å². The molecule has 0 bridgehead atoms. The van der Waals surface area contributed by atoms with Gasteiger partial charge in [-0.15, -0.1) is 0 Å². The number of carbonyl (C=O) groups excluding carboxylic acids is 1. The Morgan fingerprint density at radius 2 is 1.76 bits per heavy atom. The van der Waals surface area contributed by atoms with E-state index in [9.17, 15) is 13.2 Å². The predicted octanol–water partition coefficient (Wildman–Crippen LogP) is 3.23. The third kappa shape index (κ3) is 4.95. The summed E-state index contributed by atoms with van der Waals surface area (Å²) >= 11 is 1.01. The summed E-state index contributed by atoms with van der Waals surface area (Å²) in [5.41, 5.74) is 1.02. The molecule has 1 aliphatic heterocycles. The summed E-state index contributed by atoms with van der Waals surface area (Å²) in [5.74, 6) is 0.863. The Kier molecular flexibility index (Phi) is 6.90. The minimum Gasteiger partial charge on any atom is -0.342 e. The highest BCUT2D eigenvalue weighted by Gasteiger charge is 2.35. The van der Waals surface area contributed by atoms with Crippen molar-refractivity contribution >= 4 is 38.7 Å². The van der Waals surface area contributed by atoms with Gasteiger partial charge in [-0.1, -0.05) is 33.8 Å². The number of nitrogens with zero attached hydrogens (tertiary/aromatic N) is 4. The maximum atomic E-state index is 13.2. The van der Waals surface area contributed by atoms with E-state index < -0.39 is 10.0 Å². The highest BCUT2D eigenvalue weighted by molar-refractivity contribution is 7.89. The largest absolute Gasteiger partial charge is 0.342 e. The van der Waals surface area contributed by atoms with Gasteiger partial charge in [0.15, 0.2) is 0 Å². The van der Waals surface area contributed by atoms with Crippen molar-refractivity contribution < 1.29 is 13.2 Å². The maximum Gasteiger partial charge on any atom is 0.245 e. The standard InChI is InChI=1S/C20H30N4O3S2/c1-14(2)12-23(13-15(3)4)20(25)16-8-10-24(11-9-16)29(26,27)18-7-5-6-17-19(18)22-28-21-17/h5-7,14-16H,8-13H2,1-4H3. The topological polar surface area (TPSA) is 83.5 Å². The average Bonchev–Trinajstić information content (AvgIpc) is 3.15. The number of benzene rings is 1. The minimum absolute atomic E-state index is 0.115. The summed E-state index contributed by atoms with van der Waals surface area (Å²) in [6, 6.07) is 5.05. The van der Waals surface area contributed by atoms with Gasteiger partial charge in [-0.2, -0.15) is 13.1 Å². The van der Waals surface area contributed by atoms with E-state index in [4.69, 9.17) is 0 Å². The first-order valence-electron chi connectivity index (χ1n) is 10.2. The molecule has 1 saturated heterocycles. The second-order valence-electron chi connectivity index (χ2n) is 8.60. The van der Waals surface area contributed by atoms with Crippen LogP contribution in [0.15, 0.2) is 23.1 Å². The fourth-order valence-corrected chi connectivity index (χ4v) is 6.09. The van der Waals surface area contributed by atoms with Crippen molar-refractivity contribution in [3.05, 3.63) is 18.2 Å². The number of hydrogen-bond donors (Lipinski definition) is 0. The van der Waals surface area contributed by atoms with Crippen molar-refractivity contribution in [2.45, 2.75) is 45.4 Å². The second-order valence-corrected chi connectivity index (χ2v) is 11.0. The van der Waals surface area contributed by atoms with Crippen LogP contribution in [0.4, 0.5) is 0 Å². The summed E-state index contributed by atoms with van der Waals surface area (Å²) in [6.07, 6.45) is 1.10. The van der Waals surface area contributed by atoms with Gasteiger partial charge >= 0.3 is 0 Å². The fourth-order valence-electron chi connectivity index (χ4n) is 3.87. The van der Waals surface area contributed by atoms with Gasteiger partial charge in [-0.3, -0.25) is 4.79 Å². The number of hydrogen-bond acceptors (Lipinski definition) is 6. The van der Waals surface area contributed by atoms with Crippen molar-refractivity contribution in [1.29, 1.82) is 0 Å². The molecule has 3 rings (SSSR count). The van der Waals surface area contributed by atoms with Crippen LogP contribution in [-0.4, -0.2) is 58.5 Å². The first-order valence-corrected chi connectivity index (χ1v) is 12.4.